The van der Waals surface area contributed by atoms with Crippen molar-refractivity contribution in [2.24, 2.45) is 0 Å². The van der Waals surface area contributed by atoms with E-state index in [4.69, 9.17) is 4.74 Å². The van der Waals surface area contributed by atoms with Crippen LogP contribution in [0.25, 0.3) is 27.5 Å². The van der Waals surface area contributed by atoms with Crippen LogP contribution in [0.1, 0.15) is 23.5 Å². The standard InChI is InChI=1S/C26H18N2O3/c29-23-14-19(20-15-27-21-12-6-4-10-17(20)21)24-25(31-23)18-11-5-7-13-22(18)28(26(24)30)16-8-2-1-3-9-16/h1-13,15,19,27H,14H2. The fraction of sp³-hybridized carbons (Fsp3) is 0.0769. The van der Waals surface area contributed by atoms with Crippen molar-refractivity contribution in [3.63, 3.8) is 0 Å². The number of aromatic amines is 1. The van der Waals surface area contributed by atoms with E-state index >= 15 is 0 Å². The minimum atomic E-state index is -0.389. The summed E-state index contributed by atoms with van der Waals surface area (Å²) in [6.07, 6.45) is 2.02. The van der Waals surface area contributed by atoms with Gasteiger partial charge in [-0.05, 0) is 35.9 Å². The zero-order chi connectivity index (χ0) is 20.9. The predicted octanol–water partition coefficient (Wildman–Crippen LogP) is 4.91. The van der Waals surface area contributed by atoms with Gasteiger partial charge in [0.05, 0.1) is 17.5 Å². The molecule has 0 saturated heterocycles. The van der Waals surface area contributed by atoms with Crippen molar-refractivity contribution in [2.75, 3.05) is 0 Å². The Kier molecular flexibility index (Phi) is 3.83. The summed E-state index contributed by atoms with van der Waals surface area (Å²) in [5.74, 6) is -0.344. The summed E-state index contributed by atoms with van der Waals surface area (Å²) < 4.78 is 7.41. The second kappa shape index (κ2) is 6.71. The monoisotopic (exact) mass is 406 g/mol. The number of esters is 1. The Hall–Kier alpha value is -4.12. The number of hydrogen-bond acceptors (Lipinski definition) is 3. The van der Waals surface area contributed by atoms with Crippen LogP contribution >= 0.6 is 0 Å². The first-order valence-electron chi connectivity index (χ1n) is 10.2. The quantitative estimate of drug-likeness (QED) is 0.424. The summed E-state index contributed by atoms with van der Waals surface area (Å²) in [6.45, 7) is 0. The number of para-hydroxylation sites is 3. The Balaban J connectivity index is 1.72. The maximum atomic E-state index is 13.9. The third-order valence-electron chi connectivity index (χ3n) is 6.01. The maximum absolute atomic E-state index is 13.9. The highest BCUT2D eigenvalue weighted by molar-refractivity contribution is 5.94. The minimum Gasteiger partial charge on any atom is -0.425 e. The number of ether oxygens (including phenoxy) is 1. The summed E-state index contributed by atoms with van der Waals surface area (Å²) in [6, 6.07) is 25.1. The van der Waals surface area contributed by atoms with Crippen LogP contribution in [0.4, 0.5) is 0 Å². The molecule has 3 heterocycles. The van der Waals surface area contributed by atoms with Crippen molar-refractivity contribution >= 4 is 27.8 Å². The van der Waals surface area contributed by atoms with Crippen LogP contribution in [-0.4, -0.2) is 15.5 Å². The second-order valence-corrected chi connectivity index (χ2v) is 7.76. The first-order valence-corrected chi connectivity index (χ1v) is 10.2. The Morgan fingerprint density at radius 2 is 1.55 bits per heavy atom. The molecular weight excluding hydrogens is 388 g/mol. The van der Waals surface area contributed by atoms with E-state index in [9.17, 15) is 9.59 Å². The van der Waals surface area contributed by atoms with Crippen molar-refractivity contribution in [2.45, 2.75) is 12.3 Å². The van der Waals surface area contributed by atoms with Crippen LogP contribution in [0.15, 0.2) is 89.9 Å². The number of H-pyrrole nitrogens is 1. The summed E-state index contributed by atoms with van der Waals surface area (Å²) in [5, 5.41) is 1.76. The number of benzene rings is 3. The molecule has 0 spiro atoms. The fourth-order valence-electron chi connectivity index (χ4n) is 4.66. The molecule has 1 aliphatic rings. The van der Waals surface area contributed by atoms with Crippen molar-refractivity contribution in [3.05, 3.63) is 107 Å². The van der Waals surface area contributed by atoms with Crippen LogP contribution in [0.5, 0.6) is 5.75 Å². The van der Waals surface area contributed by atoms with Gasteiger partial charge >= 0.3 is 5.97 Å². The largest absolute Gasteiger partial charge is 0.425 e. The van der Waals surface area contributed by atoms with E-state index in [2.05, 4.69) is 4.98 Å². The number of pyridine rings is 1. The fourth-order valence-corrected chi connectivity index (χ4v) is 4.66. The van der Waals surface area contributed by atoms with Gasteiger partial charge in [-0.1, -0.05) is 48.5 Å². The van der Waals surface area contributed by atoms with E-state index < -0.39 is 0 Å². The number of carbonyl (C=O) groups excluding carboxylic acids is 1. The predicted molar refractivity (Wildman–Crippen MR) is 120 cm³/mol. The molecule has 3 aromatic carbocycles. The van der Waals surface area contributed by atoms with Gasteiger partial charge in [-0.3, -0.25) is 14.2 Å². The number of fused-ring (bicyclic) bond motifs is 4. The smallest absolute Gasteiger partial charge is 0.312 e. The van der Waals surface area contributed by atoms with Gasteiger partial charge in [0.25, 0.3) is 5.56 Å². The molecule has 2 aromatic heterocycles. The lowest BCUT2D eigenvalue weighted by Gasteiger charge is -2.26. The number of nitrogens with one attached hydrogen (secondary N) is 1. The molecule has 1 N–H and O–H groups in total. The lowest BCUT2D eigenvalue weighted by Crippen LogP contribution is -2.32. The summed E-state index contributed by atoms with van der Waals surface area (Å²) >= 11 is 0. The summed E-state index contributed by atoms with van der Waals surface area (Å²) in [4.78, 5) is 29.8. The zero-order valence-corrected chi connectivity index (χ0v) is 16.5. The molecule has 6 rings (SSSR count). The van der Waals surface area contributed by atoms with Crippen molar-refractivity contribution in [3.8, 4) is 11.4 Å². The lowest BCUT2D eigenvalue weighted by molar-refractivity contribution is -0.135. The zero-order valence-electron chi connectivity index (χ0n) is 16.5. The number of rotatable bonds is 2. The van der Waals surface area contributed by atoms with Crippen molar-refractivity contribution in [1.82, 2.24) is 9.55 Å². The first-order chi connectivity index (χ1) is 15.2. The SMILES string of the molecule is O=C1CC(c2c[nH]c3ccccc23)c2c(c3ccccc3n(-c3ccccc3)c2=O)O1. The Bertz CT molecular complexity index is 1530. The molecule has 0 bridgehead atoms. The van der Waals surface area contributed by atoms with E-state index in [0.717, 1.165) is 27.5 Å². The van der Waals surface area contributed by atoms with E-state index in [1.807, 2.05) is 85.1 Å². The number of carbonyl (C=O) groups is 1. The second-order valence-electron chi connectivity index (χ2n) is 7.76. The van der Waals surface area contributed by atoms with Gasteiger partial charge < -0.3 is 9.72 Å². The molecule has 0 fully saturated rings. The minimum absolute atomic E-state index is 0.122. The van der Waals surface area contributed by atoms with E-state index in [0.29, 0.717) is 16.8 Å². The highest BCUT2D eigenvalue weighted by Gasteiger charge is 2.35. The summed E-state index contributed by atoms with van der Waals surface area (Å²) in [7, 11) is 0. The van der Waals surface area contributed by atoms with E-state index in [1.54, 1.807) is 4.57 Å². The average molecular weight is 406 g/mol. The molecule has 0 aliphatic carbocycles. The average Bonchev–Trinajstić information content (AvgIpc) is 3.23. The Morgan fingerprint density at radius 1 is 0.839 bits per heavy atom. The molecule has 31 heavy (non-hydrogen) atoms. The van der Waals surface area contributed by atoms with Gasteiger partial charge in [0.15, 0.2) is 0 Å². The number of nitrogens with zero attached hydrogens (tertiary/aromatic N) is 1. The molecular formula is C26H18N2O3. The van der Waals surface area contributed by atoms with Crippen molar-refractivity contribution in [1.29, 1.82) is 0 Å². The van der Waals surface area contributed by atoms with Crippen LogP contribution in [-0.2, 0) is 4.79 Å². The Morgan fingerprint density at radius 3 is 2.39 bits per heavy atom. The third kappa shape index (κ3) is 2.63. The number of aromatic nitrogens is 2. The van der Waals surface area contributed by atoms with Gasteiger partial charge in [-0.25, -0.2) is 0 Å². The van der Waals surface area contributed by atoms with E-state index in [-0.39, 0.29) is 23.9 Å². The van der Waals surface area contributed by atoms with E-state index in [1.165, 1.54) is 0 Å². The van der Waals surface area contributed by atoms with Crippen molar-refractivity contribution < 1.29 is 9.53 Å². The Labute approximate surface area is 177 Å². The van der Waals surface area contributed by atoms with Crippen LogP contribution in [0, 0.1) is 0 Å². The molecule has 150 valence electrons. The molecule has 5 nitrogen and oxygen atoms in total. The first kappa shape index (κ1) is 17.7. The topological polar surface area (TPSA) is 64.1 Å². The highest BCUT2D eigenvalue weighted by atomic mass is 16.5. The normalized spacial score (nSPS) is 15.7. The van der Waals surface area contributed by atoms with Gasteiger partial charge in [0.1, 0.15) is 5.75 Å². The van der Waals surface area contributed by atoms with Crippen LogP contribution in [0.3, 0.4) is 0 Å². The maximum Gasteiger partial charge on any atom is 0.312 e. The van der Waals surface area contributed by atoms with Crippen LogP contribution < -0.4 is 10.3 Å². The van der Waals surface area contributed by atoms with Gasteiger partial charge in [0.2, 0.25) is 0 Å². The van der Waals surface area contributed by atoms with Gasteiger partial charge in [-0.2, -0.15) is 0 Å². The molecule has 1 unspecified atom stereocenters. The molecule has 0 amide bonds. The van der Waals surface area contributed by atoms with Gasteiger partial charge in [0, 0.05) is 34.1 Å². The highest BCUT2D eigenvalue weighted by Crippen LogP contribution is 2.42. The third-order valence-corrected chi connectivity index (χ3v) is 6.01. The summed E-state index contributed by atoms with van der Waals surface area (Å²) in [5.41, 5.74) is 3.75. The molecule has 5 heteroatoms. The van der Waals surface area contributed by atoms with Crippen LogP contribution in [0.2, 0.25) is 0 Å². The molecule has 0 radical (unpaired) electrons. The molecule has 1 aliphatic heterocycles. The van der Waals surface area contributed by atoms with Gasteiger partial charge in [-0.15, -0.1) is 0 Å². The molecule has 1 atom stereocenters. The molecule has 5 aromatic rings. The molecule has 0 saturated carbocycles. The number of hydrogen-bond donors (Lipinski definition) is 1. The lowest BCUT2D eigenvalue weighted by atomic mass is 9.86.